The van der Waals surface area contributed by atoms with Gasteiger partial charge in [0.1, 0.15) is 5.75 Å². The van der Waals surface area contributed by atoms with Gasteiger partial charge < -0.3 is 10.1 Å². The number of benzene rings is 2. The Morgan fingerprint density at radius 2 is 1.87 bits per heavy atom. The molecule has 0 saturated carbocycles. The van der Waals surface area contributed by atoms with E-state index < -0.39 is 6.10 Å². The first-order valence-electron chi connectivity index (χ1n) is 8.12. The van der Waals surface area contributed by atoms with E-state index in [4.69, 9.17) is 4.74 Å². The van der Waals surface area contributed by atoms with Crippen molar-refractivity contribution in [2.45, 2.75) is 39.7 Å². The van der Waals surface area contributed by atoms with Crippen LogP contribution < -0.4 is 10.1 Å². The third-order valence-corrected chi connectivity index (χ3v) is 3.79. The zero-order valence-electron chi connectivity index (χ0n) is 14.1. The standard InChI is InChI=1S/C20H25NO2/c1-15-11-12-19(16(2)14-15)23-17(3)20(22)21-13-7-10-18-8-5-4-6-9-18/h4-6,8-9,11-12,14,17H,7,10,13H2,1-3H3,(H,21,22)/t17-/m0/s1. The topological polar surface area (TPSA) is 38.3 Å². The first-order chi connectivity index (χ1) is 11.1. The second-order valence-corrected chi connectivity index (χ2v) is 5.91. The van der Waals surface area contributed by atoms with Gasteiger partial charge in [0.2, 0.25) is 0 Å². The van der Waals surface area contributed by atoms with Crippen LogP contribution in [0.1, 0.15) is 30.0 Å². The van der Waals surface area contributed by atoms with Gasteiger partial charge in [-0.2, -0.15) is 0 Å². The number of hydrogen-bond acceptors (Lipinski definition) is 2. The number of carbonyl (C=O) groups is 1. The second-order valence-electron chi connectivity index (χ2n) is 5.91. The van der Waals surface area contributed by atoms with Gasteiger partial charge in [0.15, 0.2) is 6.10 Å². The maximum absolute atomic E-state index is 12.1. The molecule has 122 valence electrons. The highest BCUT2D eigenvalue weighted by atomic mass is 16.5. The van der Waals surface area contributed by atoms with Crippen LogP contribution in [0.5, 0.6) is 5.75 Å². The minimum Gasteiger partial charge on any atom is -0.481 e. The zero-order valence-corrected chi connectivity index (χ0v) is 14.1. The van der Waals surface area contributed by atoms with Gasteiger partial charge in [-0.1, -0.05) is 48.0 Å². The number of amides is 1. The Bertz CT molecular complexity index is 637. The molecule has 0 saturated heterocycles. The molecule has 0 radical (unpaired) electrons. The average Bonchev–Trinajstić information content (AvgIpc) is 2.55. The van der Waals surface area contributed by atoms with Crippen LogP contribution in [0, 0.1) is 13.8 Å². The summed E-state index contributed by atoms with van der Waals surface area (Å²) in [5, 5.41) is 2.94. The van der Waals surface area contributed by atoms with E-state index in [1.807, 2.05) is 44.2 Å². The normalized spacial score (nSPS) is 11.8. The number of ether oxygens (including phenoxy) is 1. The molecule has 0 bridgehead atoms. The Hall–Kier alpha value is -2.29. The van der Waals surface area contributed by atoms with Crippen molar-refractivity contribution in [3.63, 3.8) is 0 Å². The summed E-state index contributed by atoms with van der Waals surface area (Å²) >= 11 is 0. The van der Waals surface area contributed by atoms with E-state index in [0.29, 0.717) is 6.54 Å². The van der Waals surface area contributed by atoms with E-state index in [1.165, 1.54) is 11.1 Å². The first-order valence-corrected chi connectivity index (χ1v) is 8.12. The van der Waals surface area contributed by atoms with Crippen LogP contribution in [0.2, 0.25) is 0 Å². The Kier molecular flexibility index (Phi) is 6.21. The smallest absolute Gasteiger partial charge is 0.260 e. The molecular formula is C20H25NO2. The zero-order chi connectivity index (χ0) is 16.7. The van der Waals surface area contributed by atoms with Crippen LogP contribution in [-0.2, 0) is 11.2 Å². The Morgan fingerprint density at radius 1 is 1.13 bits per heavy atom. The molecule has 2 rings (SSSR count). The number of rotatable bonds is 7. The summed E-state index contributed by atoms with van der Waals surface area (Å²) in [7, 11) is 0. The predicted molar refractivity (Wildman–Crippen MR) is 93.8 cm³/mol. The lowest BCUT2D eigenvalue weighted by Gasteiger charge is -2.16. The molecule has 0 aromatic heterocycles. The molecule has 3 heteroatoms. The van der Waals surface area contributed by atoms with Gasteiger partial charge >= 0.3 is 0 Å². The molecule has 0 fully saturated rings. The van der Waals surface area contributed by atoms with Crippen molar-refractivity contribution in [2.24, 2.45) is 0 Å². The lowest BCUT2D eigenvalue weighted by Crippen LogP contribution is -2.37. The predicted octanol–water partition coefficient (Wildman–Crippen LogP) is 3.82. The third kappa shape index (κ3) is 5.44. The van der Waals surface area contributed by atoms with Gasteiger partial charge in [-0.3, -0.25) is 4.79 Å². The summed E-state index contributed by atoms with van der Waals surface area (Å²) in [5.41, 5.74) is 3.53. The summed E-state index contributed by atoms with van der Waals surface area (Å²) in [5.74, 6) is 0.695. The molecule has 0 heterocycles. The fourth-order valence-electron chi connectivity index (χ4n) is 2.47. The lowest BCUT2D eigenvalue weighted by molar-refractivity contribution is -0.127. The molecule has 1 atom stereocenters. The van der Waals surface area contributed by atoms with Crippen LogP contribution in [0.4, 0.5) is 0 Å². The highest BCUT2D eigenvalue weighted by Gasteiger charge is 2.14. The van der Waals surface area contributed by atoms with Crippen LogP contribution in [0.15, 0.2) is 48.5 Å². The first kappa shape index (κ1) is 17.1. The summed E-state index contributed by atoms with van der Waals surface area (Å²) in [6, 6.07) is 16.3. The van der Waals surface area contributed by atoms with Crippen LogP contribution >= 0.6 is 0 Å². The van der Waals surface area contributed by atoms with Crippen molar-refractivity contribution in [1.82, 2.24) is 5.32 Å². The van der Waals surface area contributed by atoms with E-state index in [-0.39, 0.29) is 5.91 Å². The molecule has 2 aromatic carbocycles. The van der Waals surface area contributed by atoms with Crippen LogP contribution in [0.25, 0.3) is 0 Å². The van der Waals surface area contributed by atoms with Gasteiger partial charge in [-0.25, -0.2) is 0 Å². The Balaban J connectivity index is 1.74. The largest absolute Gasteiger partial charge is 0.481 e. The van der Waals surface area contributed by atoms with Crippen molar-refractivity contribution in [1.29, 1.82) is 0 Å². The molecule has 3 nitrogen and oxygen atoms in total. The lowest BCUT2D eigenvalue weighted by atomic mass is 10.1. The highest BCUT2D eigenvalue weighted by Crippen LogP contribution is 2.20. The number of hydrogen-bond donors (Lipinski definition) is 1. The number of nitrogens with one attached hydrogen (secondary N) is 1. The van der Waals surface area contributed by atoms with Crippen LogP contribution in [-0.4, -0.2) is 18.6 Å². The molecule has 0 aliphatic heterocycles. The molecule has 1 amide bonds. The summed E-state index contributed by atoms with van der Waals surface area (Å²) in [6.45, 7) is 6.48. The van der Waals surface area contributed by atoms with Crippen molar-refractivity contribution in [3.8, 4) is 5.75 Å². The van der Waals surface area contributed by atoms with Crippen molar-refractivity contribution in [2.75, 3.05) is 6.54 Å². The molecule has 23 heavy (non-hydrogen) atoms. The quantitative estimate of drug-likeness (QED) is 0.789. The fraction of sp³-hybridized carbons (Fsp3) is 0.350. The van der Waals surface area contributed by atoms with Gasteiger partial charge in [-0.15, -0.1) is 0 Å². The van der Waals surface area contributed by atoms with E-state index in [1.54, 1.807) is 6.92 Å². The van der Waals surface area contributed by atoms with E-state index in [0.717, 1.165) is 24.2 Å². The molecule has 0 unspecified atom stereocenters. The summed E-state index contributed by atoms with van der Waals surface area (Å²) in [4.78, 5) is 12.1. The molecule has 0 aliphatic carbocycles. The molecule has 2 aromatic rings. The Labute approximate surface area is 138 Å². The Morgan fingerprint density at radius 3 is 2.57 bits per heavy atom. The van der Waals surface area contributed by atoms with Crippen molar-refractivity contribution >= 4 is 5.91 Å². The SMILES string of the molecule is Cc1ccc(O[C@@H](C)C(=O)NCCCc2ccccc2)c(C)c1. The molecule has 1 N–H and O–H groups in total. The minimum atomic E-state index is -0.492. The van der Waals surface area contributed by atoms with Gasteiger partial charge in [0, 0.05) is 6.54 Å². The van der Waals surface area contributed by atoms with E-state index >= 15 is 0 Å². The third-order valence-electron chi connectivity index (χ3n) is 3.79. The monoisotopic (exact) mass is 311 g/mol. The molecule has 0 spiro atoms. The fourth-order valence-corrected chi connectivity index (χ4v) is 2.47. The molecule has 0 aliphatic rings. The number of aryl methyl sites for hydroxylation is 3. The maximum atomic E-state index is 12.1. The minimum absolute atomic E-state index is 0.0713. The highest BCUT2D eigenvalue weighted by molar-refractivity contribution is 5.80. The van der Waals surface area contributed by atoms with Crippen molar-refractivity contribution in [3.05, 3.63) is 65.2 Å². The summed E-state index contributed by atoms with van der Waals surface area (Å²) in [6.07, 6.45) is 1.40. The van der Waals surface area contributed by atoms with E-state index in [9.17, 15) is 4.79 Å². The van der Waals surface area contributed by atoms with Crippen LogP contribution in [0.3, 0.4) is 0 Å². The molecular weight excluding hydrogens is 286 g/mol. The summed E-state index contributed by atoms with van der Waals surface area (Å²) < 4.78 is 5.77. The second kappa shape index (κ2) is 8.37. The van der Waals surface area contributed by atoms with E-state index in [2.05, 4.69) is 23.5 Å². The van der Waals surface area contributed by atoms with Crippen molar-refractivity contribution < 1.29 is 9.53 Å². The van der Waals surface area contributed by atoms with Gasteiger partial charge in [0.05, 0.1) is 0 Å². The van der Waals surface area contributed by atoms with Gasteiger partial charge in [0.25, 0.3) is 5.91 Å². The van der Waals surface area contributed by atoms with Gasteiger partial charge in [-0.05, 0) is 50.8 Å². The number of carbonyl (C=O) groups excluding carboxylic acids is 1. The average molecular weight is 311 g/mol. The maximum Gasteiger partial charge on any atom is 0.260 e.